The molecule has 1 amide bonds. The van der Waals surface area contributed by atoms with Crippen molar-refractivity contribution in [3.8, 4) is 0 Å². The molecule has 0 atom stereocenters. The van der Waals surface area contributed by atoms with Crippen LogP contribution in [0.25, 0.3) is 0 Å². The standard InChI is InChI=1S/C11H16N4O3S2/c12-10-13-14-11(20-10)19-7-9(17)18-6-8(16)15-4-2-1-3-5-15/h1-7H2,(H2,12,13). The van der Waals surface area contributed by atoms with Gasteiger partial charge in [-0.3, -0.25) is 9.59 Å². The number of ether oxygens (including phenoxy) is 1. The highest BCUT2D eigenvalue weighted by Gasteiger charge is 2.18. The van der Waals surface area contributed by atoms with Gasteiger partial charge in [0.05, 0.1) is 5.75 Å². The number of esters is 1. The largest absolute Gasteiger partial charge is 0.455 e. The zero-order valence-electron chi connectivity index (χ0n) is 10.9. The van der Waals surface area contributed by atoms with E-state index in [4.69, 9.17) is 10.5 Å². The van der Waals surface area contributed by atoms with Gasteiger partial charge in [-0.1, -0.05) is 23.1 Å². The normalized spacial score (nSPS) is 15.1. The van der Waals surface area contributed by atoms with Crippen LogP contribution in [0.1, 0.15) is 19.3 Å². The molecule has 1 aliphatic rings. The minimum absolute atomic E-state index is 0.0991. The number of piperidine rings is 1. The van der Waals surface area contributed by atoms with Crippen molar-refractivity contribution in [3.63, 3.8) is 0 Å². The van der Waals surface area contributed by atoms with Crippen molar-refractivity contribution in [2.45, 2.75) is 23.6 Å². The number of likely N-dealkylation sites (tertiary alicyclic amines) is 1. The summed E-state index contributed by atoms with van der Waals surface area (Å²) >= 11 is 2.41. The molecule has 0 aliphatic carbocycles. The summed E-state index contributed by atoms with van der Waals surface area (Å²) in [7, 11) is 0. The molecule has 0 bridgehead atoms. The predicted octanol–water partition coefficient (Wildman–Crippen LogP) is 0.768. The van der Waals surface area contributed by atoms with E-state index in [1.54, 1.807) is 4.90 Å². The van der Waals surface area contributed by atoms with Gasteiger partial charge >= 0.3 is 5.97 Å². The van der Waals surface area contributed by atoms with Gasteiger partial charge in [-0.25, -0.2) is 0 Å². The summed E-state index contributed by atoms with van der Waals surface area (Å²) in [6, 6.07) is 0. The first-order valence-corrected chi connectivity index (χ1v) is 8.10. The van der Waals surface area contributed by atoms with Gasteiger partial charge in [0.1, 0.15) is 0 Å². The predicted molar refractivity (Wildman–Crippen MR) is 76.4 cm³/mol. The number of thioether (sulfide) groups is 1. The molecular weight excluding hydrogens is 300 g/mol. The van der Waals surface area contributed by atoms with Gasteiger partial charge in [-0.05, 0) is 19.3 Å². The number of hydrogen-bond donors (Lipinski definition) is 1. The molecule has 0 aromatic carbocycles. The minimum Gasteiger partial charge on any atom is -0.455 e. The Hall–Kier alpha value is -1.35. The van der Waals surface area contributed by atoms with Crippen LogP contribution in [0, 0.1) is 0 Å². The van der Waals surface area contributed by atoms with Crippen molar-refractivity contribution in [3.05, 3.63) is 0 Å². The molecule has 9 heteroatoms. The Morgan fingerprint density at radius 1 is 1.30 bits per heavy atom. The Morgan fingerprint density at radius 3 is 2.70 bits per heavy atom. The quantitative estimate of drug-likeness (QED) is 0.632. The van der Waals surface area contributed by atoms with Crippen molar-refractivity contribution < 1.29 is 14.3 Å². The van der Waals surface area contributed by atoms with Gasteiger partial charge in [-0.15, -0.1) is 10.2 Å². The van der Waals surface area contributed by atoms with E-state index in [1.165, 1.54) is 23.1 Å². The maximum atomic E-state index is 11.8. The number of nitrogen functional groups attached to an aromatic ring is 1. The van der Waals surface area contributed by atoms with Gasteiger partial charge in [0, 0.05) is 13.1 Å². The monoisotopic (exact) mass is 316 g/mol. The Bertz CT molecular complexity index is 474. The molecule has 1 fully saturated rings. The first kappa shape index (κ1) is 15.0. The highest BCUT2D eigenvalue weighted by atomic mass is 32.2. The molecule has 0 saturated carbocycles. The number of aromatic nitrogens is 2. The van der Waals surface area contributed by atoms with Crippen molar-refractivity contribution in [1.29, 1.82) is 0 Å². The van der Waals surface area contributed by atoms with Gasteiger partial charge in [0.2, 0.25) is 5.13 Å². The van der Waals surface area contributed by atoms with E-state index in [-0.39, 0.29) is 18.3 Å². The van der Waals surface area contributed by atoms with Crippen molar-refractivity contribution in [1.82, 2.24) is 15.1 Å². The molecule has 110 valence electrons. The summed E-state index contributed by atoms with van der Waals surface area (Å²) in [5.74, 6) is -0.459. The zero-order chi connectivity index (χ0) is 14.4. The fraction of sp³-hybridized carbons (Fsp3) is 0.636. The lowest BCUT2D eigenvalue weighted by atomic mass is 10.1. The third kappa shape index (κ3) is 4.64. The number of amides is 1. The zero-order valence-corrected chi connectivity index (χ0v) is 12.5. The van der Waals surface area contributed by atoms with Crippen molar-refractivity contribution in [2.75, 3.05) is 31.2 Å². The molecule has 0 radical (unpaired) electrons. The molecule has 0 spiro atoms. The van der Waals surface area contributed by atoms with Crippen LogP contribution < -0.4 is 5.73 Å². The molecule has 1 aliphatic heterocycles. The van der Waals surface area contributed by atoms with Gasteiger partial charge < -0.3 is 15.4 Å². The van der Waals surface area contributed by atoms with E-state index >= 15 is 0 Å². The summed E-state index contributed by atoms with van der Waals surface area (Å²) in [5.41, 5.74) is 5.43. The maximum absolute atomic E-state index is 11.8. The van der Waals surface area contributed by atoms with E-state index in [0.717, 1.165) is 32.4 Å². The van der Waals surface area contributed by atoms with Crippen LogP contribution in [0.3, 0.4) is 0 Å². The maximum Gasteiger partial charge on any atom is 0.316 e. The fourth-order valence-electron chi connectivity index (χ4n) is 1.82. The molecule has 1 aromatic heterocycles. The van der Waals surface area contributed by atoms with E-state index in [9.17, 15) is 9.59 Å². The van der Waals surface area contributed by atoms with E-state index in [1.807, 2.05) is 0 Å². The smallest absolute Gasteiger partial charge is 0.316 e. The first-order chi connectivity index (χ1) is 9.65. The summed E-state index contributed by atoms with van der Waals surface area (Å²) in [6.45, 7) is 1.34. The number of carbonyl (C=O) groups is 2. The third-order valence-electron chi connectivity index (χ3n) is 2.80. The second-order valence-corrected chi connectivity index (χ2v) is 6.53. The molecule has 1 saturated heterocycles. The van der Waals surface area contributed by atoms with E-state index in [2.05, 4.69) is 10.2 Å². The lowest BCUT2D eigenvalue weighted by molar-refractivity contribution is -0.150. The van der Waals surface area contributed by atoms with Crippen LogP contribution in [0.15, 0.2) is 4.34 Å². The number of hydrogen-bond acceptors (Lipinski definition) is 8. The Morgan fingerprint density at radius 2 is 2.05 bits per heavy atom. The number of nitrogens with zero attached hydrogens (tertiary/aromatic N) is 3. The Labute approximate surface area is 124 Å². The van der Waals surface area contributed by atoms with Crippen LogP contribution >= 0.6 is 23.1 Å². The van der Waals surface area contributed by atoms with Gasteiger partial charge in [0.15, 0.2) is 10.9 Å². The number of rotatable bonds is 5. The summed E-state index contributed by atoms with van der Waals surface area (Å²) in [5, 5.41) is 7.78. The van der Waals surface area contributed by atoms with Crippen molar-refractivity contribution in [2.24, 2.45) is 0 Å². The van der Waals surface area contributed by atoms with Crippen LogP contribution in [-0.4, -0.2) is 52.4 Å². The molecule has 1 aromatic rings. The summed E-state index contributed by atoms with van der Waals surface area (Å²) in [4.78, 5) is 25.1. The molecule has 2 rings (SSSR count). The highest BCUT2D eigenvalue weighted by Crippen LogP contribution is 2.23. The average molecular weight is 316 g/mol. The first-order valence-electron chi connectivity index (χ1n) is 6.30. The van der Waals surface area contributed by atoms with Gasteiger partial charge in [-0.2, -0.15) is 0 Å². The lowest BCUT2D eigenvalue weighted by Crippen LogP contribution is -2.38. The molecule has 7 nitrogen and oxygen atoms in total. The van der Waals surface area contributed by atoms with Crippen LogP contribution in [0.5, 0.6) is 0 Å². The van der Waals surface area contributed by atoms with Crippen molar-refractivity contribution >= 4 is 40.1 Å². The average Bonchev–Trinajstić information content (AvgIpc) is 2.89. The highest BCUT2D eigenvalue weighted by molar-refractivity contribution is 8.01. The molecular formula is C11H16N4O3S2. The number of nitrogens with two attached hydrogens (primary N) is 1. The fourth-order valence-corrected chi connectivity index (χ4v) is 3.25. The third-order valence-corrected chi connectivity index (χ3v) is 4.66. The number of carbonyl (C=O) groups excluding carboxylic acids is 2. The van der Waals surface area contributed by atoms with E-state index < -0.39 is 5.97 Å². The molecule has 0 unspecified atom stereocenters. The minimum atomic E-state index is -0.436. The summed E-state index contributed by atoms with van der Waals surface area (Å²) in [6.07, 6.45) is 3.20. The Balaban J connectivity index is 1.65. The molecule has 2 N–H and O–H groups in total. The lowest BCUT2D eigenvalue weighted by Gasteiger charge is -2.26. The van der Waals surface area contributed by atoms with Crippen LogP contribution in [0.4, 0.5) is 5.13 Å². The Kier molecular flexibility index (Phi) is 5.60. The second kappa shape index (κ2) is 7.44. The van der Waals surface area contributed by atoms with E-state index in [0.29, 0.717) is 9.47 Å². The van der Waals surface area contributed by atoms with Crippen LogP contribution in [0.2, 0.25) is 0 Å². The van der Waals surface area contributed by atoms with Gasteiger partial charge in [0.25, 0.3) is 5.91 Å². The van der Waals surface area contributed by atoms with Crippen LogP contribution in [-0.2, 0) is 14.3 Å². The second-order valence-electron chi connectivity index (χ2n) is 4.30. The SMILES string of the molecule is Nc1nnc(SCC(=O)OCC(=O)N2CCCCC2)s1. The molecule has 2 heterocycles. The molecule has 20 heavy (non-hydrogen) atoms. The number of anilines is 1. The summed E-state index contributed by atoms with van der Waals surface area (Å²) < 4.78 is 5.57. The topological polar surface area (TPSA) is 98.4 Å².